The van der Waals surface area contributed by atoms with Crippen LogP contribution in [0.3, 0.4) is 0 Å². The van der Waals surface area contributed by atoms with Crippen molar-refractivity contribution in [3.63, 3.8) is 0 Å². The van der Waals surface area contributed by atoms with Crippen molar-refractivity contribution in [1.82, 2.24) is 0 Å². The largest absolute Gasteiger partial charge is 0.123 e. The summed E-state index contributed by atoms with van der Waals surface area (Å²) in [4.78, 5) is 3.90. The highest BCUT2D eigenvalue weighted by atomic mass is 32.3. The second kappa shape index (κ2) is 16.0. The van der Waals surface area contributed by atoms with Crippen LogP contribution in [0.15, 0.2) is 141 Å². The summed E-state index contributed by atoms with van der Waals surface area (Å²) in [5, 5.41) is 0. The van der Waals surface area contributed by atoms with Gasteiger partial charge >= 0.3 is 0 Å². The molecule has 0 atom stereocenters. The van der Waals surface area contributed by atoms with Gasteiger partial charge in [-0.05, 0) is 96.2 Å². The first kappa shape index (κ1) is 29.5. The fourth-order valence-corrected chi connectivity index (χ4v) is 8.52. The molecule has 0 fully saturated rings. The van der Waals surface area contributed by atoms with Gasteiger partial charge in [0.2, 0.25) is 0 Å². The van der Waals surface area contributed by atoms with Crippen LogP contribution in [0.25, 0.3) is 0 Å². The fourth-order valence-electron chi connectivity index (χ4n) is 3.83. The van der Waals surface area contributed by atoms with Crippen LogP contribution in [0.5, 0.6) is 0 Å². The van der Waals surface area contributed by atoms with Crippen LogP contribution >= 0.6 is 35.3 Å². The molecular formula is C34H40S3. The summed E-state index contributed by atoms with van der Waals surface area (Å²) in [6.07, 6.45) is 12.7. The molecule has 0 saturated carbocycles. The lowest BCUT2D eigenvalue weighted by molar-refractivity contribution is 0.910. The Bertz CT molecular complexity index is 1040. The second-order valence-corrected chi connectivity index (χ2v) is 14.5. The lowest BCUT2D eigenvalue weighted by atomic mass is 10.1. The standard InChI is InChI=1S/C34H40S3/c1-28(2)16-14-17-29(3)18-15-19-30(4)26-27-34(35-31-20-8-5-9-21-31,36-32-22-10-6-11-23-32)37-33-24-12-7-13-25-33/h5-13,16,18,20-26H,14-15,17,19,27H2,1-4H3/b29-18+,30-26+. The molecule has 3 rings (SSSR count). The number of allylic oxidation sites excluding steroid dienone is 6. The Morgan fingerprint density at radius 3 is 1.32 bits per heavy atom. The van der Waals surface area contributed by atoms with Crippen LogP contribution in [0.1, 0.15) is 59.8 Å². The van der Waals surface area contributed by atoms with Gasteiger partial charge in [0.15, 0.2) is 0 Å². The summed E-state index contributed by atoms with van der Waals surface area (Å²) in [5.41, 5.74) is 4.37. The first-order valence-electron chi connectivity index (χ1n) is 13.1. The molecule has 0 saturated heterocycles. The Kier molecular flexibility index (Phi) is 12.8. The smallest absolute Gasteiger partial charge is 0.0963 e. The number of benzene rings is 3. The third-order valence-electron chi connectivity index (χ3n) is 5.87. The zero-order chi connectivity index (χ0) is 26.3. The van der Waals surface area contributed by atoms with Crippen molar-refractivity contribution in [3.8, 4) is 0 Å². The molecule has 0 spiro atoms. The van der Waals surface area contributed by atoms with E-state index in [1.807, 2.05) is 35.3 Å². The van der Waals surface area contributed by atoms with Gasteiger partial charge in [-0.25, -0.2) is 0 Å². The van der Waals surface area contributed by atoms with Crippen molar-refractivity contribution in [3.05, 3.63) is 126 Å². The van der Waals surface area contributed by atoms with E-state index >= 15 is 0 Å². The van der Waals surface area contributed by atoms with Crippen molar-refractivity contribution < 1.29 is 0 Å². The van der Waals surface area contributed by atoms with E-state index in [9.17, 15) is 0 Å². The summed E-state index contributed by atoms with van der Waals surface area (Å²) in [6.45, 7) is 8.92. The fraction of sp³-hybridized carbons (Fsp3) is 0.294. The van der Waals surface area contributed by atoms with Crippen molar-refractivity contribution in [2.45, 2.75) is 77.9 Å². The third kappa shape index (κ3) is 11.5. The molecule has 0 aliphatic rings. The van der Waals surface area contributed by atoms with Crippen LogP contribution < -0.4 is 0 Å². The maximum atomic E-state index is 2.48. The van der Waals surface area contributed by atoms with E-state index in [4.69, 9.17) is 0 Å². The molecule has 0 aliphatic carbocycles. The monoisotopic (exact) mass is 544 g/mol. The topological polar surface area (TPSA) is 0 Å². The first-order chi connectivity index (χ1) is 17.9. The lowest BCUT2D eigenvalue weighted by Gasteiger charge is -2.32. The zero-order valence-corrected chi connectivity index (χ0v) is 25.1. The van der Waals surface area contributed by atoms with Gasteiger partial charge in [0, 0.05) is 14.7 Å². The molecule has 194 valence electrons. The van der Waals surface area contributed by atoms with E-state index < -0.39 is 0 Å². The quantitative estimate of drug-likeness (QED) is 0.112. The SMILES string of the molecule is CC(C)=CCC/C(C)=C/CC/C(C)=C/CC(Sc1ccccc1)(Sc1ccccc1)Sc1ccccc1. The van der Waals surface area contributed by atoms with E-state index in [1.54, 1.807) is 0 Å². The van der Waals surface area contributed by atoms with Gasteiger partial charge in [-0.1, -0.05) is 125 Å². The molecule has 0 heterocycles. The summed E-state index contributed by atoms with van der Waals surface area (Å²) in [5.74, 6) is 0. The first-order valence-corrected chi connectivity index (χ1v) is 15.6. The molecule has 3 heteroatoms. The minimum Gasteiger partial charge on any atom is -0.0963 e. The molecule has 0 aromatic heterocycles. The highest BCUT2D eigenvalue weighted by Gasteiger charge is 2.33. The average Bonchev–Trinajstić information content (AvgIpc) is 2.89. The summed E-state index contributed by atoms with van der Waals surface area (Å²) >= 11 is 5.92. The van der Waals surface area contributed by atoms with Crippen LogP contribution in [0.2, 0.25) is 0 Å². The van der Waals surface area contributed by atoms with Crippen molar-refractivity contribution in [1.29, 1.82) is 0 Å². The Morgan fingerprint density at radius 1 is 0.541 bits per heavy atom. The van der Waals surface area contributed by atoms with Gasteiger partial charge in [0.25, 0.3) is 0 Å². The van der Waals surface area contributed by atoms with Gasteiger partial charge in [-0.2, -0.15) is 0 Å². The van der Waals surface area contributed by atoms with E-state index in [0.29, 0.717) is 0 Å². The highest BCUT2D eigenvalue weighted by molar-refractivity contribution is 8.33. The minimum atomic E-state index is -0.124. The number of hydrogen-bond donors (Lipinski definition) is 0. The molecule has 0 unspecified atom stereocenters. The maximum Gasteiger partial charge on any atom is 0.123 e. The molecular weight excluding hydrogens is 505 g/mol. The molecule has 0 radical (unpaired) electrons. The second-order valence-electron chi connectivity index (χ2n) is 9.59. The zero-order valence-electron chi connectivity index (χ0n) is 22.7. The normalized spacial score (nSPS) is 12.4. The van der Waals surface area contributed by atoms with Gasteiger partial charge in [-0.15, -0.1) is 0 Å². The van der Waals surface area contributed by atoms with Gasteiger partial charge in [-0.3, -0.25) is 0 Å². The predicted molar refractivity (Wildman–Crippen MR) is 170 cm³/mol. The highest BCUT2D eigenvalue weighted by Crippen LogP contribution is 2.57. The molecule has 0 bridgehead atoms. The Morgan fingerprint density at radius 2 is 0.919 bits per heavy atom. The van der Waals surface area contributed by atoms with Crippen molar-refractivity contribution in [2.24, 2.45) is 0 Å². The van der Waals surface area contributed by atoms with Gasteiger partial charge in [0.1, 0.15) is 3.41 Å². The Hall–Kier alpha value is -2.07. The number of rotatable bonds is 14. The molecule has 3 aromatic rings. The molecule has 0 aliphatic heterocycles. The average molecular weight is 545 g/mol. The minimum absolute atomic E-state index is 0.124. The van der Waals surface area contributed by atoms with E-state index in [0.717, 1.165) is 32.1 Å². The van der Waals surface area contributed by atoms with E-state index in [-0.39, 0.29) is 3.41 Å². The van der Waals surface area contributed by atoms with E-state index in [1.165, 1.54) is 31.4 Å². The van der Waals surface area contributed by atoms with Crippen LogP contribution in [0.4, 0.5) is 0 Å². The lowest BCUT2D eigenvalue weighted by Crippen LogP contribution is -2.14. The van der Waals surface area contributed by atoms with E-state index in [2.05, 4.69) is 137 Å². The Balaban J connectivity index is 1.80. The molecule has 0 nitrogen and oxygen atoms in total. The van der Waals surface area contributed by atoms with Crippen molar-refractivity contribution >= 4 is 35.3 Å². The molecule has 3 aromatic carbocycles. The summed E-state index contributed by atoms with van der Waals surface area (Å²) in [7, 11) is 0. The van der Waals surface area contributed by atoms with Crippen LogP contribution in [0, 0.1) is 0 Å². The van der Waals surface area contributed by atoms with Gasteiger partial charge < -0.3 is 0 Å². The number of hydrogen-bond acceptors (Lipinski definition) is 3. The Labute approximate surface area is 238 Å². The summed E-state index contributed by atoms with van der Waals surface area (Å²) in [6, 6.07) is 32.5. The molecule has 0 amide bonds. The van der Waals surface area contributed by atoms with Crippen LogP contribution in [-0.2, 0) is 0 Å². The molecule has 37 heavy (non-hydrogen) atoms. The summed E-state index contributed by atoms with van der Waals surface area (Å²) < 4.78 is -0.124. The van der Waals surface area contributed by atoms with Gasteiger partial charge in [0.05, 0.1) is 0 Å². The molecule has 0 N–H and O–H groups in total. The van der Waals surface area contributed by atoms with Crippen LogP contribution in [-0.4, -0.2) is 3.41 Å². The number of thioether (sulfide) groups is 3. The third-order valence-corrected chi connectivity index (χ3v) is 10.3. The maximum absolute atomic E-state index is 2.48. The predicted octanol–water partition coefficient (Wildman–Crippen LogP) is 11.8. The van der Waals surface area contributed by atoms with Crippen molar-refractivity contribution in [2.75, 3.05) is 0 Å².